The number of hydrogen-bond acceptors (Lipinski definition) is 9. The van der Waals surface area contributed by atoms with Crippen LogP contribution in [0.5, 0.6) is 0 Å². The highest BCUT2D eigenvalue weighted by atomic mass is 16.7. The molecule has 3 aliphatic rings. The van der Waals surface area contributed by atoms with Gasteiger partial charge in [-0.3, -0.25) is 0 Å². The van der Waals surface area contributed by atoms with Crippen LogP contribution < -0.4 is 15.1 Å². The van der Waals surface area contributed by atoms with Crippen molar-refractivity contribution in [1.29, 1.82) is 0 Å². The predicted octanol–water partition coefficient (Wildman–Crippen LogP) is -0.316. The highest BCUT2D eigenvalue weighted by Gasteiger charge is 2.39. The normalized spacial score (nSPS) is 29.1. The molecule has 3 fully saturated rings. The highest BCUT2D eigenvalue weighted by molar-refractivity contribution is 5.51. The SMILES string of the molecule is CC(C)C1OCC(CO)(Nc2nc(N3CC3)nc(N3CC3)n2)CO1. The van der Waals surface area contributed by atoms with Crippen LogP contribution >= 0.6 is 0 Å². The smallest absolute Gasteiger partial charge is 0.232 e. The van der Waals surface area contributed by atoms with Gasteiger partial charge in [-0.2, -0.15) is 15.0 Å². The maximum atomic E-state index is 9.89. The van der Waals surface area contributed by atoms with E-state index in [1.54, 1.807) is 0 Å². The second-order valence-electron chi connectivity index (χ2n) is 7.03. The fraction of sp³-hybridized carbons (Fsp3) is 0.800. The molecule has 0 aromatic carbocycles. The van der Waals surface area contributed by atoms with Crippen molar-refractivity contribution >= 4 is 17.8 Å². The van der Waals surface area contributed by atoms with E-state index < -0.39 is 5.54 Å². The number of aromatic nitrogens is 3. The highest BCUT2D eigenvalue weighted by Crippen LogP contribution is 2.27. The monoisotopic (exact) mass is 336 g/mol. The van der Waals surface area contributed by atoms with Crippen LogP contribution in [0.2, 0.25) is 0 Å². The molecule has 0 spiro atoms. The molecule has 4 heterocycles. The minimum atomic E-state index is -0.737. The van der Waals surface area contributed by atoms with E-state index in [-0.39, 0.29) is 18.8 Å². The number of ether oxygens (including phenoxy) is 2. The summed E-state index contributed by atoms with van der Waals surface area (Å²) in [5.74, 6) is 2.08. The molecule has 4 rings (SSSR count). The first kappa shape index (κ1) is 15.8. The van der Waals surface area contributed by atoms with Crippen molar-refractivity contribution in [2.24, 2.45) is 5.92 Å². The summed E-state index contributed by atoms with van der Waals surface area (Å²) < 4.78 is 11.5. The molecule has 0 amide bonds. The Morgan fingerprint density at radius 2 is 1.62 bits per heavy atom. The molecule has 0 unspecified atom stereocenters. The Kier molecular flexibility index (Phi) is 3.93. The van der Waals surface area contributed by atoms with Gasteiger partial charge in [0.2, 0.25) is 17.8 Å². The van der Waals surface area contributed by atoms with Gasteiger partial charge in [-0.15, -0.1) is 0 Å². The van der Waals surface area contributed by atoms with Crippen LogP contribution in [0.25, 0.3) is 0 Å². The van der Waals surface area contributed by atoms with Crippen molar-refractivity contribution in [3.8, 4) is 0 Å². The topological polar surface area (TPSA) is 95.4 Å². The molecule has 2 N–H and O–H groups in total. The third-order valence-corrected chi connectivity index (χ3v) is 4.34. The van der Waals surface area contributed by atoms with Crippen LogP contribution in [0.1, 0.15) is 13.8 Å². The van der Waals surface area contributed by atoms with Crippen LogP contribution in [0, 0.1) is 5.92 Å². The number of nitrogens with zero attached hydrogens (tertiary/aromatic N) is 5. The number of aliphatic hydroxyl groups excluding tert-OH is 1. The van der Waals surface area contributed by atoms with E-state index in [1.165, 1.54) is 0 Å². The maximum Gasteiger partial charge on any atom is 0.232 e. The third-order valence-electron chi connectivity index (χ3n) is 4.34. The van der Waals surface area contributed by atoms with Crippen molar-refractivity contribution in [2.75, 3.05) is 61.1 Å². The van der Waals surface area contributed by atoms with Crippen molar-refractivity contribution in [3.63, 3.8) is 0 Å². The number of rotatable bonds is 6. The summed E-state index contributed by atoms with van der Waals surface area (Å²) in [7, 11) is 0. The van der Waals surface area contributed by atoms with Crippen molar-refractivity contribution < 1.29 is 14.6 Å². The molecule has 9 nitrogen and oxygen atoms in total. The molecular weight excluding hydrogens is 312 g/mol. The lowest BCUT2D eigenvalue weighted by atomic mass is 10.0. The van der Waals surface area contributed by atoms with Gasteiger partial charge in [0.25, 0.3) is 0 Å². The Morgan fingerprint density at radius 3 is 2.04 bits per heavy atom. The van der Waals surface area contributed by atoms with Gasteiger partial charge in [0.1, 0.15) is 5.54 Å². The van der Waals surface area contributed by atoms with Gasteiger partial charge in [-0.1, -0.05) is 13.8 Å². The van der Waals surface area contributed by atoms with Crippen LogP contribution in [0.3, 0.4) is 0 Å². The van der Waals surface area contributed by atoms with Crippen LogP contribution in [-0.2, 0) is 9.47 Å². The largest absolute Gasteiger partial charge is 0.394 e. The van der Waals surface area contributed by atoms with E-state index >= 15 is 0 Å². The summed E-state index contributed by atoms with van der Waals surface area (Å²) in [6, 6.07) is 0. The maximum absolute atomic E-state index is 9.89. The van der Waals surface area contributed by atoms with Gasteiger partial charge in [0, 0.05) is 32.1 Å². The lowest BCUT2D eigenvalue weighted by molar-refractivity contribution is -0.225. The van der Waals surface area contributed by atoms with Gasteiger partial charge < -0.3 is 29.7 Å². The first-order valence-electron chi connectivity index (χ1n) is 8.47. The molecule has 3 aliphatic heterocycles. The molecule has 3 saturated heterocycles. The molecule has 0 aliphatic carbocycles. The van der Waals surface area contributed by atoms with Crippen LogP contribution in [0.4, 0.5) is 17.8 Å². The fourth-order valence-electron chi connectivity index (χ4n) is 2.59. The second kappa shape index (κ2) is 5.98. The number of nitrogens with one attached hydrogen (secondary N) is 1. The quantitative estimate of drug-likeness (QED) is 0.678. The molecule has 0 saturated carbocycles. The van der Waals surface area contributed by atoms with E-state index in [2.05, 4.69) is 30.1 Å². The zero-order valence-corrected chi connectivity index (χ0v) is 14.1. The molecule has 24 heavy (non-hydrogen) atoms. The Bertz CT molecular complexity index is 567. The Hall–Kier alpha value is -1.71. The Morgan fingerprint density at radius 1 is 1.08 bits per heavy atom. The zero-order valence-electron chi connectivity index (χ0n) is 14.1. The molecule has 0 atom stereocenters. The lowest BCUT2D eigenvalue weighted by Crippen LogP contribution is -2.56. The molecule has 1 aromatic heterocycles. The zero-order chi connectivity index (χ0) is 16.7. The summed E-state index contributed by atoms with van der Waals surface area (Å²) in [6.45, 7) is 8.53. The Labute approximate surface area is 141 Å². The van der Waals surface area contributed by atoms with Gasteiger partial charge in [-0.05, 0) is 0 Å². The number of aliphatic hydroxyl groups is 1. The third kappa shape index (κ3) is 3.24. The summed E-state index contributed by atoms with van der Waals surface area (Å²) in [6.07, 6.45) is -0.244. The van der Waals surface area contributed by atoms with E-state index in [0.29, 0.717) is 31.1 Å². The summed E-state index contributed by atoms with van der Waals surface area (Å²) in [5, 5.41) is 13.1. The van der Waals surface area contributed by atoms with Gasteiger partial charge >= 0.3 is 0 Å². The van der Waals surface area contributed by atoms with Gasteiger partial charge in [-0.25, -0.2) is 0 Å². The Balaban J connectivity index is 1.52. The lowest BCUT2D eigenvalue weighted by Gasteiger charge is -2.40. The molecular formula is C15H24N6O3. The predicted molar refractivity (Wildman–Crippen MR) is 88.2 cm³/mol. The summed E-state index contributed by atoms with van der Waals surface area (Å²) in [4.78, 5) is 17.6. The molecule has 9 heteroatoms. The van der Waals surface area contributed by atoms with Gasteiger partial charge in [0.05, 0.1) is 19.8 Å². The first-order chi connectivity index (χ1) is 11.6. The summed E-state index contributed by atoms with van der Waals surface area (Å²) in [5.41, 5.74) is -0.737. The minimum absolute atomic E-state index is 0.123. The number of anilines is 3. The van der Waals surface area contributed by atoms with E-state index in [9.17, 15) is 5.11 Å². The van der Waals surface area contributed by atoms with Crippen LogP contribution in [-0.4, -0.2) is 77.9 Å². The van der Waals surface area contributed by atoms with E-state index in [4.69, 9.17) is 9.47 Å². The van der Waals surface area contributed by atoms with E-state index in [0.717, 1.165) is 26.2 Å². The molecule has 132 valence electrons. The van der Waals surface area contributed by atoms with Crippen LogP contribution in [0.15, 0.2) is 0 Å². The molecule has 1 aromatic rings. The average Bonchev–Trinajstić information content (AvgIpc) is 3.48. The first-order valence-corrected chi connectivity index (χ1v) is 8.47. The number of hydrogen-bond donors (Lipinski definition) is 2. The fourth-order valence-corrected chi connectivity index (χ4v) is 2.59. The summed E-state index contributed by atoms with van der Waals surface area (Å²) >= 11 is 0. The van der Waals surface area contributed by atoms with Crippen molar-refractivity contribution in [3.05, 3.63) is 0 Å². The minimum Gasteiger partial charge on any atom is -0.394 e. The second-order valence-corrected chi connectivity index (χ2v) is 7.03. The van der Waals surface area contributed by atoms with E-state index in [1.807, 2.05) is 13.8 Å². The van der Waals surface area contributed by atoms with Gasteiger partial charge in [0.15, 0.2) is 6.29 Å². The average molecular weight is 336 g/mol. The van der Waals surface area contributed by atoms with Crippen molar-refractivity contribution in [1.82, 2.24) is 15.0 Å². The molecule has 0 bridgehead atoms. The standard InChI is InChI=1S/C15H24N6O3/c1-10(2)11-23-8-15(7-22,9-24-11)19-12-16-13(20-3-4-20)18-14(17-12)21-5-6-21/h10-11,22H,3-9H2,1-2H3,(H,16,17,18,19). The molecule has 0 radical (unpaired) electrons. The van der Waals surface area contributed by atoms with Crippen molar-refractivity contribution in [2.45, 2.75) is 25.7 Å².